The molecule has 2 aliphatic rings. The lowest BCUT2D eigenvalue weighted by Gasteiger charge is -2.38. The maximum absolute atomic E-state index is 13.7. The van der Waals surface area contributed by atoms with Crippen LogP contribution in [0.1, 0.15) is 42.0 Å². The number of nitriles is 2. The van der Waals surface area contributed by atoms with Crippen LogP contribution >= 0.6 is 0 Å². The number of nitrogens with zero attached hydrogens (tertiary/aromatic N) is 3. The van der Waals surface area contributed by atoms with Gasteiger partial charge in [-0.25, -0.2) is 13.6 Å². The minimum absolute atomic E-state index is 0.179. The minimum Gasteiger partial charge on any atom is -0.352 e. The number of hydrogen-bond donors (Lipinski definition) is 3. The molecular formula is C27H26F2N6O2. The molecule has 2 aliphatic heterocycles. The van der Waals surface area contributed by atoms with Gasteiger partial charge in [0.05, 0.1) is 34.7 Å². The first-order valence-corrected chi connectivity index (χ1v) is 12.0. The van der Waals surface area contributed by atoms with Crippen LogP contribution in [0.15, 0.2) is 54.2 Å². The van der Waals surface area contributed by atoms with Gasteiger partial charge in [0.15, 0.2) is 11.6 Å². The summed E-state index contributed by atoms with van der Waals surface area (Å²) in [5, 5.41) is 27.2. The molecule has 0 radical (unpaired) electrons. The first kappa shape index (κ1) is 25.8. The smallest absolute Gasteiger partial charge is 0.319 e. The number of rotatable bonds is 7. The highest BCUT2D eigenvalue weighted by Gasteiger charge is 2.38. The Labute approximate surface area is 213 Å². The molecule has 3 amide bonds. The van der Waals surface area contributed by atoms with Crippen molar-refractivity contribution in [2.45, 2.75) is 30.7 Å². The van der Waals surface area contributed by atoms with E-state index < -0.39 is 35.0 Å². The van der Waals surface area contributed by atoms with Crippen molar-refractivity contribution in [1.82, 2.24) is 20.9 Å². The monoisotopic (exact) mass is 504 g/mol. The molecule has 0 unspecified atom stereocenters. The van der Waals surface area contributed by atoms with E-state index in [1.54, 1.807) is 12.1 Å². The van der Waals surface area contributed by atoms with Crippen molar-refractivity contribution in [2.75, 3.05) is 26.2 Å². The summed E-state index contributed by atoms with van der Waals surface area (Å²) in [5.41, 5.74) is 1.06. The fraction of sp³-hybridized carbons (Fsp3) is 0.333. The summed E-state index contributed by atoms with van der Waals surface area (Å²) in [5.74, 6) is -2.52. The molecule has 2 heterocycles. The van der Waals surface area contributed by atoms with Gasteiger partial charge in [0.1, 0.15) is 0 Å². The van der Waals surface area contributed by atoms with E-state index in [2.05, 4.69) is 33.0 Å². The number of hydrogen-bond acceptors (Lipinski definition) is 5. The van der Waals surface area contributed by atoms with E-state index >= 15 is 0 Å². The zero-order valence-electron chi connectivity index (χ0n) is 20.1. The van der Waals surface area contributed by atoms with Gasteiger partial charge in [-0.05, 0) is 68.2 Å². The van der Waals surface area contributed by atoms with Crippen LogP contribution in [0, 0.1) is 34.3 Å². The fourth-order valence-corrected chi connectivity index (χ4v) is 4.83. The molecule has 2 aromatic carbocycles. The van der Waals surface area contributed by atoms with E-state index in [4.69, 9.17) is 0 Å². The Kier molecular flexibility index (Phi) is 7.80. The summed E-state index contributed by atoms with van der Waals surface area (Å²) in [6.45, 7) is 2.47. The molecule has 1 atom stereocenters. The van der Waals surface area contributed by atoms with Crippen LogP contribution in [-0.4, -0.2) is 43.0 Å². The third-order valence-electron chi connectivity index (χ3n) is 6.91. The molecule has 0 aromatic heterocycles. The molecular weight excluding hydrogens is 478 g/mol. The van der Waals surface area contributed by atoms with Crippen LogP contribution in [0.5, 0.6) is 0 Å². The highest BCUT2D eigenvalue weighted by Crippen LogP contribution is 2.36. The Hall–Kier alpha value is -4.28. The zero-order chi connectivity index (χ0) is 26.4. The number of carbonyl (C=O) groups excluding carboxylic acids is 2. The normalized spacial score (nSPS) is 19.0. The molecule has 0 aliphatic carbocycles. The van der Waals surface area contributed by atoms with Crippen LogP contribution in [0.2, 0.25) is 0 Å². The fourth-order valence-electron chi connectivity index (χ4n) is 4.83. The number of urea groups is 1. The number of benzene rings is 2. The highest BCUT2D eigenvalue weighted by molar-refractivity contribution is 5.97. The summed E-state index contributed by atoms with van der Waals surface area (Å²) in [7, 11) is 0. The van der Waals surface area contributed by atoms with Gasteiger partial charge in [-0.2, -0.15) is 10.5 Å². The lowest BCUT2D eigenvalue weighted by Crippen LogP contribution is -2.45. The third kappa shape index (κ3) is 5.60. The van der Waals surface area contributed by atoms with Crippen LogP contribution in [-0.2, 0) is 10.2 Å². The van der Waals surface area contributed by atoms with Crippen molar-refractivity contribution in [3.8, 4) is 12.1 Å². The maximum atomic E-state index is 13.7. The summed E-state index contributed by atoms with van der Waals surface area (Å²) in [4.78, 5) is 26.8. The molecule has 0 saturated carbocycles. The van der Waals surface area contributed by atoms with Crippen molar-refractivity contribution in [3.63, 3.8) is 0 Å². The maximum Gasteiger partial charge on any atom is 0.319 e. The molecule has 2 aromatic rings. The molecule has 1 saturated heterocycles. The predicted molar refractivity (Wildman–Crippen MR) is 131 cm³/mol. The van der Waals surface area contributed by atoms with Crippen LogP contribution in [0.25, 0.3) is 0 Å². The number of carbonyl (C=O) groups is 2. The molecule has 190 valence electrons. The van der Waals surface area contributed by atoms with Gasteiger partial charge in [-0.1, -0.05) is 24.3 Å². The predicted octanol–water partition coefficient (Wildman–Crippen LogP) is 3.14. The Balaban J connectivity index is 1.29. The molecule has 8 nitrogen and oxygen atoms in total. The quantitative estimate of drug-likeness (QED) is 0.501. The van der Waals surface area contributed by atoms with Crippen LogP contribution < -0.4 is 16.0 Å². The summed E-state index contributed by atoms with van der Waals surface area (Å²) in [6, 6.07) is 13.7. The van der Waals surface area contributed by atoms with E-state index in [0.717, 1.165) is 17.7 Å². The first-order chi connectivity index (χ1) is 17.9. The van der Waals surface area contributed by atoms with Gasteiger partial charge in [0.2, 0.25) is 0 Å². The number of amides is 3. The number of likely N-dealkylation sites (tertiary alicyclic amines) is 1. The minimum atomic E-state index is -1.07. The molecule has 3 N–H and O–H groups in total. The Morgan fingerprint density at radius 2 is 1.89 bits per heavy atom. The lowest BCUT2D eigenvalue weighted by atomic mass is 9.72. The molecule has 37 heavy (non-hydrogen) atoms. The molecule has 0 bridgehead atoms. The van der Waals surface area contributed by atoms with E-state index in [9.17, 15) is 28.9 Å². The SMILES string of the molecule is N#Cc1ccccc1C1(C#N)CCN(CCCNC(=O)C2=CNC(=O)N[C@@H]2c2ccc(F)c(F)c2)CC1. The van der Waals surface area contributed by atoms with Gasteiger partial charge >= 0.3 is 6.03 Å². The molecule has 10 heteroatoms. The van der Waals surface area contributed by atoms with Crippen molar-refractivity contribution in [3.05, 3.63) is 82.6 Å². The second-order valence-corrected chi connectivity index (χ2v) is 9.13. The van der Waals surface area contributed by atoms with Crippen molar-refractivity contribution in [1.29, 1.82) is 10.5 Å². The number of halogens is 2. The van der Waals surface area contributed by atoms with Gasteiger partial charge in [-0.3, -0.25) is 4.79 Å². The highest BCUT2D eigenvalue weighted by atomic mass is 19.2. The summed E-state index contributed by atoms with van der Waals surface area (Å²) < 4.78 is 27.1. The second-order valence-electron chi connectivity index (χ2n) is 9.13. The van der Waals surface area contributed by atoms with Gasteiger partial charge in [0.25, 0.3) is 5.91 Å². The van der Waals surface area contributed by atoms with Crippen LogP contribution in [0.3, 0.4) is 0 Å². The van der Waals surface area contributed by atoms with Crippen molar-refractivity contribution >= 4 is 11.9 Å². The Morgan fingerprint density at radius 3 is 2.59 bits per heavy atom. The standard InChI is InChI=1S/C27H26F2N6O2/c28-22-7-6-18(14-23(22)29)24-20(16-33-26(37)34-24)25(36)32-10-3-11-35-12-8-27(17-31,9-13-35)21-5-2-1-4-19(21)15-30/h1-2,4-7,14,16,24H,3,8-13H2,(H,32,36)(H2,33,34,37)/t24-/m1/s1. The first-order valence-electron chi connectivity index (χ1n) is 12.0. The van der Waals surface area contributed by atoms with Gasteiger partial charge in [0, 0.05) is 12.7 Å². The second kappa shape index (κ2) is 11.2. The van der Waals surface area contributed by atoms with E-state index in [1.807, 2.05) is 12.1 Å². The summed E-state index contributed by atoms with van der Waals surface area (Å²) >= 11 is 0. The Morgan fingerprint density at radius 1 is 1.14 bits per heavy atom. The van der Waals surface area contributed by atoms with Crippen molar-refractivity contribution < 1.29 is 18.4 Å². The molecule has 4 rings (SSSR count). The zero-order valence-corrected chi connectivity index (χ0v) is 20.1. The average molecular weight is 505 g/mol. The van der Waals surface area contributed by atoms with E-state index in [-0.39, 0.29) is 11.1 Å². The van der Waals surface area contributed by atoms with Crippen LogP contribution in [0.4, 0.5) is 13.6 Å². The van der Waals surface area contributed by atoms with Gasteiger partial charge < -0.3 is 20.9 Å². The number of nitrogens with one attached hydrogen (secondary N) is 3. The summed E-state index contributed by atoms with van der Waals surface area (Å²) in [6.07, 6.45) is 3.15. The van der Waals surface area contributed by atoms with E-state index in [0.29, 0.717) is 51.0 Å². The average Bonchev–Trinajstić information content (AvgIpc) is 2.93. The molecule has 0 spiro atoms. The largest absolute Gasteiger partial charge is 0.352 e. The van der Waals surface area contributed by atoms with Gasteiger partial charge in [-0.15, -0.1) is 0 Å². The number of piperidine rings is 1. The topological polar surface area (TPSA) is 121 Å². The Bertz CT molecular complexity index is 1300. The van der Waals surface area contributed by atoms with Crippen molar-refractivity contribution in [2.24, 2.45) is 0 Å². The van der Waals surface area contributed by atoms with E-state index in [1.165, 1.54) is 12.3 Å². The molecule has 1 fully saturated rings. The third-order valence-corrected chi connectivity index (χ3v) is 6.91. The lowest BCUT2D eigenvalue weighted by molar-refractivity contribution is -0.117.